The van der Waals surface area contributed by atoms with Gasteiger partial charge in [0, 0.05) is 31.9 Å². The third-order valence-corrected chi connectivity index (χ3v) is 5.44. The van der Waals surface area contributed by atoms with Gasteiger partial charge in [0.2, 0.25) is 11.6 Å². The molecule has 1 saturated heterocycles. The second kappa shape index (κ2) is 10.0. The highest BCUT2D eigenvalue weighted by atomic mass is 16.6. The molecule has 1 N–H and O–H groups in total. The van der Waals surface area contributed by atoms with Gasteiger partial charge in [0.1, 0.15) is 17.8 Å². The highest BCUT2D eigenvalue weighted by Gasteiger charge is 2.29. The molecule has 1 aliphatic rings. The molecule has 0 amide bonds. The van der Waals surface area contributed by atoms with Gasteiger partial charge in [0.15, 0.2) is 0 Å². The van der Waals surface area contributed by atoms with Crippen LogP contribution in [0.25, 0.3) is 0 Å². The summed E-state index contributed by atoms with van der Waals surface area (Å²) in [5.41, 5.74) is 1.54. The monoisotopic (exact) mass is 450 g/mol. The zero-order valence-corrected chi connectivity index (χ0v) is 18.6. The molecule has 0 bridgehead atoms. The van der Waals surface area contributed by atoms with E-state index in [1.165, 1.54) is 6.33 Å². The number of ether oxygens (including phenoxy) is 2. The number of nitro groups is 1. The van der Waals surface area contributed by atoms with E-state index in [0.29, 0.717) is 50.0 Å². The van der Waals surface area contributed by atoms with Crippen molar-refractivity contribution >= 4 is 28.7 Å². The van der Waals surface area contributed by atoms with E-state index in [-0.39, 0.29) is 11.5 Å². The van der Waals surface area contributed by atoms with E-state index < -0.39 is 4.92 Å². The average molecular weight is 450 g/mol. The Labute approximate surface area is 191 Å². The fourth-order valence-corrected chi connectivity index (χ4v) is 3.81. The molecule has 4 rings (SSSR count). The fraction of sp³-hybridized carbons (Fsp3) is 0.304. The lowest BCUT2D eigenvalue weighted by molar-refractivity contribution is -0.383. The molecule has 2 aromatic carbocycles. The highest BCUT2D eigenvalue weighted by molar-refractivity contribution is 5.76. The van der Waals surface area contributed by atoms with Crippen molar-refractivity contribution in [1.29, 1.82) is 0 Å². The minimum absolute atomic E-state index is 0.134. The summed E-state index contributed by atoms with van der Waals surface area (Å²) in [6.45, 7) is 4.98. The summed E-state index contributed by atoms with van der Waals surface area (Å²) in [6.07, 6.45) is 1.35. The van der Waals surface area contributed by atoms with E-state index in [2.05, 4.69) is 20.2 Å². The topological polar surface area (TPSA) is 106 Å². The first kappa shape index (κ1) is 22.1. The molecule has 1 aromatic heterocycles. The molecule has 0 radical (unpaired) electrons. The van der Waals surface area contributed by atoms with Crippen LogP contribution in [0.5, 0.6) is 11.5 Å². The van der Waals surface area contributed by atoms with Crippen molar-refractivity contribution in [3.05, 3.63) is 65.0 Å². The number of aromatic nitrogens is 2. The molecular weight excluding hydrogens is 424 g/mol. The number of methoxy groups -OCH3 is 1. The van der Waals surface area contributed by atoms with Crippen LogP contribution in [-0.2, 0) is 0 Å². The number of para-hydroxylation sites is 2. The first-order valence-corrected chi connectivity index (χ1v) is 10.7. The number of hydrogen-bond donors (Lipinski definition) is 1. The maximum Gasteiger partial charge on any atom is 0.353 e. The lowest BCUT2D eigenvalue weighted by Gasteiger charge is -2.36. The SMILES string of the molecule is CCOc1ccccc1Nc1ncnc(N2CCN(c3ccc(OC)cc3)CC2)c1[N+](=O)[O-]. The Bertz CT molecular complexity index is 1100. The Morgan fingerprint density at radius 1 is 1.03 bits per heavy atom. The molecule has 10 nitrogen and oxygen atoms in total. The minimum atomic E-state index is -0.434. The molecule has 33 heavy (non-hydrogen) atoms. The maximum atomic E-state index is 12.0. The Hall–Kier alpha value is -4.08. The molecule has 2 heterocycles. The predicted octanol–water partition coefficient (Wildman–Crippen LogP) is 3.86. The van der Waals surface area contributed by atoms with Crippen molar-refractivity contribution in [1.82, 2.24) is 9.97 Å². The van der Waals surface area contributed by atoms with Gasteiger partial charge in [-0.25, -0.2) is 9.97 Å². The van der Waals surface area contributed by atoms with E-state index in [4.69, 9.17) is 9.47 Å². The van der Waals surface area contributed by atoms with E-state index >= 15 is 0 Å². The van der Waals surface area contributed by atoms with Crippen LogP contribution >= 0.6 is 0 Å². The number of piperazine rings is 1. The highest BCUT2D eigenvalue weighted by Crippen LogP contribution is 2.36. The van der Waals surface area contributed by atoms with Gasteiger partial charge in [-0.1, -0.05) is 12.1 Å². The zero-order chi connectivity index (χ0) is 23.2. The summed E-state index contributed by atoms with van der Waals surface area (Å²) < 4.78 is 10.8. The summed E-state index contributed by atoms with van der Waals surface area (Å²) in [5, 5.41) is 15.1. The minimum Gasteiger partial charge on any atom is -0.497 e. The van der Waals surface area contributed by atoms with Crippen LogP contribution in [0, 0.1) is 10.1 Å². The normalized spacial score (nSPS) is 13.5. The first-order chi connectivity index (χ1) is 16.1. The summed E-state index contributed by atoms with van der Waals surface area (Å²) in [7, 11) is 1.64. The molecule has 1 aliphatic heterocycles. The number of nitrogens with one attached hydrogen (secondary N) is 1. The summed E-state index contributed by atoms with van der Waals surface area (Å²) in [6, 6.07) is 15.2. The van der Waals surface area contributed by atoms with Crippen molar-refractivity contribution in [2.75, 3.05) is 55.0 Å². The molecule has 10 heteroatoms. The van der Waals surface area contributed by atoms with Gasteiger partial charge in [-0.15, -0.1) is 0 Å². The van der Waals surface area contributed by atoms with Gasteiger partial charge in [0.05, 0.1) is 24.3 Å². The lowest BCUT2D eigenvalue weighted by Crippen LogP contribution is -2.47. The molecule has 0 spiro atoms. The van der Waals surface area contributed by atoms with Gasteiger partial charge in [-0.2, -0.15) is 0 Å². The zero-order valence-electron chi connectivity index (χ0n) is 18.6. The molecule has 0 atom stereocenters. The van der Waals surface area contributed by atoms with Crippen molar-refractivity contribution in [3.8, 4) is 11.5 Å². The smallest absolute Gasteiger partial charge is 0.353 e. The Morgan fingerprint density at radius 2 is 1.73 bits per heavy atom. The second-order valence-electron chi connectivity index (χ2n) is 7.38. The van der Waals surface area contributed by atoms with E-state index in [9.17, 15) is 10.1 Å². The standard InChI is InChI=1S/C23H26N6O4/c1-3-33-20-7-5-4-6-19(20)26-22-21(29(30)31)23(25-16-24-22)28-14-12-27(13-15-28)17-8-10-18(32-2)11-9-17/h4-11,16H,3,12-15H2,1-2H3,(H,24,25,26). The molecule has 0 saturated carbocycles. The predicted molar refractivity (Wildman–Crippen MR) is 127 cm³/mol. The molecule has 0 unspecified atom stereocenters. The number of hydrogen-bond acceptors (Lipinski definition) is 9. The van der Waals surface area contributed by atoms with Crippen molar-refractivity contribution in [2.24, 2.45) is 0 Å². The Balaban J connectivity index is 1.54. The maximum absolute atomic E-state index is 12.0. The Kier molecular flexibility index (Phi) is 6.72. The molecule has 1 fully saturated rings. The van der Waals surface area contributed by atoms with Gasteiger partial charge in [0.25, 0.3) is 0 Å². The number of anilines is 4. The van der Waals surface area contributed by atoms with Crippen molar-refractivity contribution in [2.45, 2.75) is 6.92 Å². The van der Waals surface area contributed by atoms with Crippen LogP contribution in [0.15, 0.2) is 54.9 Å². The number of benzene rings is 2. The summed E-state index contributed by atoms with van der Waals surface area (Å²) in [5.74, 6) is 1.85. The van der Waals surface area contributed by atoms with E-state index in [1.54, 1.807) is 19.2 Å². The fourth-order valence-electron chi connectivity index (χ4n) is 3.81. The van der Waals surface area contributed by atoms with E-state index in [1.807, 2.05) is 48.2 Å². The lowest BCUT2D eigenvalue weighted by atomic mass is 10.2. The van der Waals surface area contributed by atoms with Crippen LogP contribution in [-0.4, -0.2) is 54.8 Å². The van der Waals surface area contributed by atoms with Crippen LogP contribution in [0.4, 0.5) is 28.7 Å². The van der Waals surface area contributed by atoms with Crippen molar-refractivity contribution < 1.29 is 14.4 Å². The van der Waals surface area contributed by atoms with Crippen LogP contribution in [0.3, 0.4) is 0 Å². The number of nitrogens with zero attached hydrogens (tertiary/aromatic N) is 5. The van der Waals surface area contributed by atoms with Gasteiger partial charge in [-0.05, 0) is 43.3 Å². The summed E-state index contributed by atoms with van der Waals surface area (Å²) >= 11 is 0. The molecule has 0 aliphatic carbocycles. The van der Waals surface area contributed by atoms with Crippen LogP contribution in [0.1, 0.15) is 6.92 Å². The third kappa shape index (κ3) is 4.89. The van der Waals surface area contributed by atoms with Crippen LogP contribution in [0.2, 0.25) is 0 Å². The van der Waals surface area contributed by atoms with E-state index in [0.717, 1.165) is 11.4 Å². The first-order valence-electron chi connectivity index (χ1n) is 10.7. The van der Waals surface area contributed by atoms with Gasteiger partial charge in [-0.3, -0.25) is 10.1 Å². The molecular formula is C23H26N6O4. The van der Waals surface area contributed by atoms with Gasteiger partial charge < -0.3 is 24.6 Å². The van der Waals surface area contributed by atoms with Crippen LogP contribution < -0.4 is 24.6 Å². The molecule has 3 aromatic rings. The quantitative estimate of drug-likeness (QED) is 0.404. The third-order valence-electron chi connectivity index (χ3n) is 5.44. The molecule has 172 valence electrons. The summed E-state index contributed by atoms with van der Waals surface area (Å²) in [4.78, 5) is 24.2. The van der Waals surface area contributed by atoms with Crippen molar-refractivity contribution in [3.63, 3.8) is 0 Å². The Morgan fingerprint density at radius 3 is 2.39 bits per heavy atom. The average Bonchev–Trinajstić information content (AvgIpc) is 2.85. The second-order valence-corrected chi connectivity index (χ2v) is 7.38. The number of rotatable bonds is 8. The largest absolute Gasteiger partial charge is 0.497 e. The van der Waals surface area contributed by atoms with Gasteiger partial charge >= 0.3 is 5.69 Å².